The van der Waals surface area contributed by atoms with E-state index in [9.17, 15) is 14.4 Å². The predicted molar refractivity (Wildman–Crippen MR) is 53.5 cm³/mol. The third-order valence-electron chi connectivity index (χ3n) is 1.94. The first-order chi connectivity index (χ1) is 7.68. The van der Waals surface area contributed by atoms with Gasteiger partial charge in [-0.3, -0.25) is 9.59 Å². The van der Waals surface area contributed by atoms with E-state index in [1.165, 1.54) is 0 Å². The summed E-state index contributed by atoms with van der Waals surface area (Å²) >= 11 is 0. The van der Waals surface area contributed by atoms with Gasteiger partial charge in [0.1, 0.15) is 5.75 Å². The summed E-state index contributed by atoms with van der Waals surface area (Å²) in [4.78, 5) is 34.2. The van der Waals surface area contributed by atoms with Crippen LogP contribution < -0.4 is 4.74 Å². The molecule has 0 aliphatic carbocycles. The molecule has 16 heavy (non-hydrogen) atoms. The highest BCUT2D eigenvalue weighted by Crippen LogP contribution is 2.12. The maximum absolute atomic E-state index is 11.5. The van der Waals surface area contributed by atoms with Crippen LogP contribution in [0.3, 0.4) is 0 Å². The summed E-state index contributed by atoms with van der Waals surface area (Å²) < 4.78 is 4.84. The molecule has 0 fully saturated rings. The lowest BCUT2D eigenvalue weighted by molar-refractivity contribution is -0.133. The maximum atomic E-state index is 11.5. The first kappa shape index (κ1) is 10.1. The van der Waals surface area contributed by atoms with Crippen LogP contribution in [0.2, 0.25) is 0 Å². The number of rotatable bonds is 1. The monoisotopic (exact) mass is 217 g/mol. The molecule has 1 aromatic rings. The van der Waals surface area contributed by atoms with Crippen molar-refractivity contribution < 1.29 is 19.1 Å². The molecule has 0 radical (unpaired) electrons. The summed E-state index contributed by atoms with van der Waals surface area (Å²) in [6, 6.07) is 8.21. The van der Waals surface area contributed by atoms with E-state index in [2.05, 4.69) is 0 Å². The van der Waals surface area contributed by atoms with Crippen molar-refractivity contribution in [3.8, 4) is 5.75 Å². The Kier molecular flexibility index (Phi) is 2.51. The van der Waals surface area contributed by atoms with Crippen molar-refractivity contribution in [2.45, 2.75) is 0 Å². The second-order valence-electron chi connectivity index (χ2n) is 3.03. The largest absolute Gasteiger partial charge is 0.429 e. The number of para-hydroxylation sites is 1. The van der Waals surface area contributed by atoms with Gasteiger partial charge in [-0.15, -0.1) is 0 Å². The van der Waals surface area contributed by atoms with Gasteiger partial charge in [0.15, 0.2) is 0 Å². The molecule has 80 valence electrons. The molecule has 2 rings (SSSR count). The minimum absolute atomic E-state index is 0.278. The van der Waals surface area contributed by atoms with E-state index in [0.717, 1.165) is 12.2 Å². The molecular weight excluding hydrogens is 210 g/mol. The van der Waals surface area contributed by atoms with Crippen LogP contribution in [0.15, 0.2) is 42.5 Å². The molecule has 5 heteroatoms. The summed E-state index contributed by atoms with van der Waals surface area (Å²) in [5.41, 5.74) is 0. The fourth-order valence-corrected chi connectivity index (χ4v) is 1.22. The smallest absolute Gasteiger partial charge is 0.410 e. The zero-order chi connectivity index (χ0) is 11.5. The van der Waals surface area contributed by atoms with Crippen molar-refractivity contribution in [3.63, 3.8) is 0 Å². The van der Waals surface area contributed by atoms with Crippen LogP contribution in [0.4, 0.5) is 4.79 Å². The molecule has 0 atom stereocenters. The SMILES string of the molecule is O=C1C=CC(=O)N1C(=O)Oc1ccccc1. The van der Waals surface area contributed by atoms with Crippen molar-refractivity contribution in [2.75, 3.05) is 0 Å². The predicted octanol–water partition coefficient (Wildman–Crippen LogP) is 1.11. The maximum Gasteiger partial charge on any atom is 0.429 e. The van der Waals surface area contributed by atoms with Gasteiger partial charge in [0.25, 0.3) is 11.8 Å². The summed E-state index contributed by atoms with van der Waals surface area (Å²) in [6.07, 6.45) is 1.05. The van der Waals surface area contributed by atoms with Gasteiger partial charge in [0, 0.05) is 12.2 Å². The summed E-state index contributed by atoms with van der Waals surface area (Å²) in [5, 5.41) is 0. The number of carbonyl (C=O) groups excluding carboxylic acids is 3. The van der Waals surface area contributed by atoms with Crippen molar-refractivity contribution in [1.82, 2.24) is 4.90 Å². The molecule has 1 aromatic carbocycles. The summed E-state index contributed by atoms with van der Waals surface area (Å²) in [7, 11) is 0. The molecule has 1 aliphatic rings. The molecule has 0 saturated heterocycles. The first-order valence-electron chi connectivity index (χ1n) is 4.51. The quantitative estimate of drug-likeness (QED) is 0.661. The van der Waals surface area contributed by atoms with Gasteiger partial charge in [-0.05, 0) is 12.1 Å². The third kappa shape index (κ3) is 1.83. The van der Waals surface area contributed by atoms with Crippen molar-refractivity contribution >= 4 is 17.9 Å². The Hall–Kier alpha value is -2.43. The molecule has 1 heterocycles. The lowest BCUT2D eigenvalue weighted by atomic mass is 10.3. The number of amides is 3. The molecule has 0 aromatic heterocycles. The molecule has 0 bridgehead atoms. The highest BCUT2D eigenvalue weighted by atomic mass is 16.6. The van der Waals surface area contributed by atoms with Gasteiger partial charge in [-0.2, -0.15) is 4.90 Å². The zero-order valence-corrected chi connectivity index (χ0v) is 8.12. The highest BCUT2D eigenvalue weighted by Gasteiger charge is 2.31. The Labute approximate surface area is 90.9 Å². The van der Waals surface area contributed by atoms with Crippen molar-refractivity contribution in [2.24, 2.45) is 0 Å². The Morgan fingerprint density at radius 3 is 2.12 bits per heavy atom. The average molecular weight is 217 g/mol. The van der Waals surface area contributed by atoms with Gasteiger partial charge in [0.05, 0.1) is 0 Å². The van der Waals surface area contributed by atoms with E-state index < -0.39 is 17.9 Å². The highest BCUT2D eigenvalue weighted by molar-refractivity contribution is 6.21. The van der Waals surface area contributed by atoms with Crippen LogP contribution in [0.5, 0.6) is 5.75 Å². The number of hydrogen-bond donors (Lipinski definition) is 0. The Balaban J connectivity index is 2.10. The zero-order valence-electron chi connectivity index (χ0n) is 8.12. The number of hydrogen-bond acceptors (Lipinski definition) is 4. The van der Waals surface area contributed by atoms with Crippen molar-refractivity contribution in [3.05, 3.63) is 42.5 Å². The van der Waals surface area contributed by atoms with Gasteiger partial charge in [0.2, 0.25) is 0 Å². The molecular formula is C11H7NO4. The van der Waals surface area contributed by atoms with E-state index in [-0.39, 0.29) is 5.75 Å². The standard InChI is InChI=1S/C11H7NO4/c13-9-6-7-10(14)12(9)11(15)16-8-4-2-1-3-5-8/h1-7H. The second kappa shape index (κ2) is 3.98. The normalized spacial score (nSPS) is 14.4. The molecule has 0 unspecified atom stereocenters. The lowest BCUT2D eigenvalue weighted by Gasteiger charge is -2.11. The fraction of sp³-hybridized carbons (Fsp3) is 0. The molecule has 0 saturated carbocycles. The lowest BCUT2D eigenvalue weighted by Crippen LogP contribution is -2.38. The van der Waals surface area contributed by atoms with E-state index >= 15 is 0 Å². The Morgan fingerprint density at radius 2 is 1.56 bits per heavy atom. The molecule has 5 nitrogen and oxygen atoms in total. The van der Waals surface area contributed by atoms with Crippen molar-refractivity contribution in [1.29, 1.82) is 0 Å². The van der Waals surface area contributed by atoms with E-state index in [1.807, 2.05) is 0 Å². The molecule has 3 amide bonds. The number of nitrogens with zero attached hydrogens (tertiary/aromatic N) is 1. The van der Waals surface area contributed by atoms with Crippen LogP contribution in [-0.2, 0) is 9.59 Å². The minimum Gasteiger partial charge on any atom is -0.410 e. The fourth-order valence-electron chi connectivity index (χ4n) is 1.22. The topological polar surface area (TPSA) is 63.7 Å². The third-order valence-corrected chi connectivity index (χ3v) is 1.94. The molecule has 1 aliphatic heterocycles. The van der Waals surface area contributed by atoms with E-state index in [1.54, 1.807) is 30.3 Å². The average Bonchev–Trinajstić information content (AvgIpc) is 2.60. The summed E-state index contributed by atoms with van der Waals surface area (Å²) in [6.45, 7) is 0. The van der Waals surface area contributed by atoms with Crippen LogP contribution in [0.25, 0.3) is 0 Å². The van der Waals surface area contributed by atoms with E-state index in [0.29, 0.717) is 4.90 Å². The number of ether oxygens (including phenoxy) is 1. The second-order valence-corrected chi connectivity index (χ2v) is 3.03. The van der Waals surface area contributed by atoms with Gasteiger partial charge in [-0.25, -0.2) is 4.79 Å². The van der Waals surface area contributed by atoms with Crippen LogP contribution in [-0.4, -0.2) is 22.8 Å². The first-order valence-corrected chi connectivity index (χ1v) is 4.51. The van der Waals surface area contributed by atoms with Crippen LogP contribution in [0, 0.1) is 0 Å². The minimum atomic E-state index is -0.994. The molecule has 0 spiro atoms. The number of benzene rings is 1. The summed E-state index contributed by atoms with van der Waals surface area (Å²) in [5.74, 6) is -1.10. The Morgan fingerprint density at radius 1 is 1.00 bits per heavy atom. The number of imide groups is 3. The van der Waals surface area contributed by atoms with Gasteiger partial charge in [-0.1, -0.05) is 18.2 Å². The van der Waals surface area contributed by atoms with E-state index in [4.69, 9.17) is 4.74 Å². The van der Waals surface area contributed by atoms with Gasteiger partial charge >= 0.3 is 6.09 Å². The van der Waals surface area contributed by atoms with Crippen LogP contribution in [0.1, 0.15) is 0 Å². The van der Waals surface area contributed by atoms with Crippen LogP contribution >= 0.6 is 0 Å². The molecule has 0 N–H and O–H groups in total. The number of carbonyl (C=O) groups is 3. The Bertz CT molecular complexity index is 460. The van der Waals surface area contributed by atoms with Gasteiger partial charge < -0.3 is 4.74 Å².